The summed E-state index contributed by atoms with van der Waals surface area (Å²) in [6, 6.07) is 5.61. The fourth-order valence-electron chi connectivity index (χ4n) is 1.98. The molecule has 0 radical (unpaired) electrons. The van der Waals surface area contributed by atoms with Crippen LogP contribution in [0, 0.1) is 9.49 Å². The molecule has 0 aromatic heterocycles. The molecule has 0 atom stereocenters. The van der Waals surface area contributed by atoms with Gasteiger partial charge in [0.2, 0.25) is 0 Å². The van der Waals surface area contributed by atoms with Crippen LogP contribution in [-0.2, 0) is 0 Å². The predicted octanol–water partition coefficient (Wildman–Crippen LogP) is 2.84. The maximum absolute atomic E-state index is 11.1. The lowest BCUT2D eigenvalue weighted by atomic mass is 9.95. The zero-order chi connectivity index (χ0) is 11.7. The number of carboxylic acid groups (broad SMARTS) is 1. The summed E-state index contributed by atoms with van der Waals surface area (Å²) in [4.78, 5) is 13.3. The van der Waals surface area contributed by atoms with Gasteiger partial charge in [0.25, 0.3) is 0 Å². The maximum Gasteiger partial charge on any atom is 0.337 e. The number of nitrogens with zero attached hydrogens (tertiary/aromatic N) is 1. The molecule has 2 rings (SSSR count). The molecule has 0 aliphatic carbocycles. The summed E-state index contributed by atoms with van der Waals surface area (Å²) in [7, 11) is 0. The lowest BCUT2D eigenvalue weighted by Crippen LogP contribution is -2.47. The molecule has 0 unspecified atom stereocenters. The Kier molecular flexibility index (Phi) is 3.37. The van der Waals surface area contributed by atoms with E-state index in [2.05, 4.69) is 34.4 Å². The molecule has 1 aromatic rings. The number of carboxylic acids is 1. The third-order valence-electron chi connectivity index (χ3n) is 3.06. The molecule has 1 aromatic carbocycles. The van der Waals surface area contributed by atoms with E-state index >= 15 is 0 Å². The lowest BCUT2D eigenvalue weighted by molar-refractivity contribution is 0.0697. The van der Waals surface area contributed by atoms with E-state index in [1.807, 2.05) is 12.1 Å². The minimum Gasteiger partial charge on any atom is -0.478 e. The van der Waals surface area contributed by atoms with Crippen LogP contribution in [0.2, 0.25) is 0 Å². The highest BCUT2D eigenvalue weighted by Crippen LogP contribution is 2.30. The van der Waals surface area contributed by atoms with Crippen molar-refractivity contribution < 1.29 is 9.90 Å². The Bertz CT molecular complexity index is 413. The van der Waals surface area contributed by atoms with Crippen molar-refractivity contribution in [2.75, 3.05) is 18.0 Å². The molecular weight excluding hydrogens is 317 g/mol. The SMILES string of the molecule is CCC1CN(c2ccc(I)cc2C(=O)O)C1. The Balaban J connectivity index is 2.24. The zero-order valence-electron chi connectivity index (χ0n) is 9.11. The minimum absolute atomic E-state index is 0.418. The van der Waals surface area contributed by atoms with Crippen molar-refractivity contribution in [3.05, 3.63) is 27.3 Å². The van der Waals surface area contributed by atoms with Crippen LogP contribution in [0.5, 0.6) is 0 Å². The van der Waals surface area contributed by atoms with E-state index in [1.165, 1.54) is 6.42 Å². The van der Waals surface area contributed by atoms with E-state index in [0.717, 1.165) is 28.3 Å². The number of halogens is 1. The van der Waals surface area contributed by atoms with Crippen LogP contribution in [0.25, 0.3) is 0 Å². The number of hydrogen-bond donors (Lipinski definition) is 1. The van der Waals surface area contributed by atoms with E-state index < -0.39 is 5.97 Å². The smallest absolute Gasteiger partial charge is 0.337 e. The predicted molar refractivity (Wildman–Crippen MR) is 72.1 cm³/mol. The summed E-state index contributed by atoms with van der Waals surface area (Å²) in [6.07, 6.45) is 1.17. The van der Waals surface area contributed by atoms with Gasteiger partial charge in [-0.1, -0.05) is 6.92 Å². The summed E-state index contributed by atoms with van der Waals surface area (Å²) in [5.74, 6) is -0.116. The Morgan fingerprint density at radius 2 is 2.25 bits per heavy atom. The van der Waals surface area contributed by atoms with Crippen LogP contribution in [0.4, 0.5) is 5.69 Å². The summed E-state index contributed by atoms with van der Waals surface area (Å²) in [6.45, 7) is 4.14. The van der Waals surface area contributed by atoms with E-state index in [0.29, 0.717) is 5.56 Å². The van der Waals surface area contributed by atoms with Crippen molar-refractivity contribution >= 4 is 34.2 Å². The molecule has 0 saturated carbocycles. The summed E-state index contributed by atoms with van der Waals surface area (Å²) in [5, 5.41) is 9.15. The van der Waals surface area contributed by atoms with Crippen molar-refractivity contribution in [1.29, 1.82) is 0 Å². The molecule has 1 aliphatic rings. The number of hydrogen-bond acceptors (Lipinski definition) is 2. The van der Waals surface area contributed by atoms with E-state index in [-0.39, 0.29) is 0 Å². The summed E-state index contributed by atoms with van der Waals surface area (Å²) in [5.41, 5.74) is 1.28. The molecule has 0 bridgehead atoms. The summed E-state index contributed by atoms with van der Waals surface area (Å²) >= 11 is 2.14. The van der Waals surface area contributed by atoms with Crippen LogP contribution in [0.3, 0.4) is 0 Å². The number of aromatic carboxylic acids is 1. The molecule has 3 nitrogen and oxygen atoms in total. The number of carbonyl (C=O) groups is 1. The molecule has 0 amide bonds. The highest BCUT2D eigenvalue weighted by Gasteiger charge is 2.28. The normalized spacial score (nSPS) is 16.0. The lowest BCUT2D eigenvalue weighted by Gasteiger charge is -2.41. The van der Waals surface area contributed by atoms with Gasteiger partial charge in [-0.2, -0.15) is 0 Å². The molecule has 1 saturated heterocycles. The highest BCUT2D eigenvalue weighted by atomic mass is 127. The van der Waals surface area contributed by atoms with Crippen molar-refractivity contribution in [2.24, 2.45) is 5.92 Å². The average Bonchev–Trinajstić information content (AvgIpc) is 2.18. The van der Waals surface area contributed by atoms with Gasteiger partial charge in [0.05, 0.1) is 11.3 Å². The van der Waals surface area contributed by atoms with Gasteiger partial charge in [-0.3, -0.25) is 0 Å². The Morgan fingerprint density at radius 3 is 2.81 bits per heavy atom. The molecule has 1 fully saturated rings. The highest BCUT2D eigenvalue weighted by molar-refractivity contribution is 14.1. The van der Waals surface area contributed by atoms with Gasteiger partial charge in [0.15, 0.2) is 0 Å². The fourth-order valence-corrected chi connectivity index (χ4v) is 2.47. The first-order valence-corrected chi connectivity index (χ1v) is 6.47. The summed E-state index contributed by atoms with van der Waals surface area (Å²) < 4.78 is 0.964. The first kappa shape index (κ1) is 11.7. The van der Waals surface area contributed by atoms with E-state index in [4.69, 9.17) is 5.11 Å². The minimum atomic E-state index is -0.839. The van der Waals surface area contributed by atoms with Crippen molar-refractivity contribution in [3.63, 3.8) is 0 Å². The van der Waals surface area contributed by atoms with Crippen LogP contribution < -0.4 is 4.90 Å². The standard InChI is InChI=1S/C12H14INO2/c1-2-8-6-14(7-8)11-4-3-9(13)5-10(11)12(15)16/h3-5,8H,2,6-7H2,1H3,(H,15,16). The van der Waals surface area contributed by atoms with Gasteiger partial charge in [-0.15, -0.1) is 0 Å². The largest absolute Gasteiger partial charge is 0.478 e. The van der Waals surface area contributed by atoms with Gasteiger partial charge in [0.1, 0.15) is 0 Å². The molecule has 1 N–H and O–H groups in total. The first-order valence-electron chi connectivity index (χ1n) is 5.39. The van der Waals surface area contributed by atoms with Gasteiger partial charge in [-0.25, -0.2) is 4.79 Å². The van der Waals surface area contributed by atoms with Gasteiger partial charge in [0, 0.05) is 16.7 Å². The topological polar surface area (TPSA) is 40.5 Å². The fraction of sp³-hybridized carbons (Fsp3) is 0.417. The second kappa shape index (κ2) is 4.61. The first-order chi connectivity index (χ1) is 7.61. The maximum atomic E-state index is 11.1. The third kappa shape index (κ3) is 2.16. The zero-order valence-corrected chi connectivity index (χ0v) is 11.3. The van der Waals surface area contributed by atoms with Crippen LogP contribution >= 0.6 is 22.6 Å². The molecular formula is C12H14INO2. The molecule has 0 spiro atoms. The van der Waals surface area contributed by atoms with Gasteiger partial charge in [-0.05, 0) is 53.1 Å². The third-order valence-corrected chi connectivity index (χ3v) is 3.74. The van der Waals surface area contributed by atoms with Gasteiger partial charge < -0.3 is 10.0 Å². The molecule has 86 valence electrons. The van der Waals surface area contributed by atoms with Crippen molar-refractivity contribution in [3.8, 4) is 0 Å². The van der Waals surface area contributed by atoms with E-state index in [9.17, 15) is 4.79 Å². The Morgan fingerprint density at radius 1 is 1.56 bits per heavy atom. The average molecular weight is 331 g/mol. The van der Waals surface area contributed by atoms with Gasteiger partial charge >= 0.3 is 5.97 Å². The van der Waals surface area contributed by atoms with Crippen LogP contribution in [0.1, 0.15) is 23.7 Å². The number of benzene rings is 1. The van der Waals surface area contributed by atoms with Crippen LogP contribution in [-0.4, -0.2) is 24.2 Å². The van der Waals surface area contributed by atoms with Crippen LogP contribution in [0.15, 0.2) is 18.2 Å². The van der Waals surface area contributed by atoms with Crippen molar-refractivity contribution in [2.45, 2.75) is 13.3 Å². The molecule has 1 aliphatic heterocycles. The second-order valence-electron chi connectivity index (χ2n) is 4.15. The van der Waals surface area contributed by atoms with E-state index in [1.54, 1.807) is 6.07 Å². The number of rotatable bonds is 3. The van der Waals surface area contributed by atoms with Crippen molar-refractivity contribution in [1.82, 2.24) is 0 Å². The number of anilines is 1. The Hall–Kier alpha value is -0.780. The molecule has 4 heteroatoms. The quantitative estimate of drug-likeness (QED) is 0.866. The molecule has 16 heavy (non-hydrogen) atoms. The second-order valence-corrected chi connectivity index (χ2v) is 5.39. The Labute approximate surface area is 109 Å². The monoisotopic (exact) mass is 331 g/mol. The molecule has 1 heterocycles.